The lowest BCUT2D eigenvalue weighted by Crippen LogP contribution is -2.56. The van der Waals surface area contributed by atoms with Gasteiger partial charge in [-0.2, -0.15) is 0 Å². The second kappa shape index (κ2) is 8.99. The van der Waals surface area contributed by atoms with Gasteiger partial charge >= 0.3 is 0 Å². The van der Waals surface area contributed by atoms with Crippen molar-refractivity contribution in [2.45, 2.75) is 62.8 Å². The van der Waals surface area contributed by atoms with Crippen LogP contribution in [0.25, 0.3) is 0 Å². The predicted octanol–water partition coefficient (Wildman–Crippen LogP) is 5.35. The van der Waals surface area contributed by atoms with Gasteiger partial charge in [0.05, 0.1) is 18.1 Å². The van der Waals surface area contributed by atoms with Crippen molar-refractivity contribution < 1.29 is 9.13 Å². The van der Waals surface area contributed by atoms with Crippen LogP contribution in [0.15, 0.2) is 42.7 Å². The molecule has 4 aliphatic rings. The minimum absolute atomic E-state index is 0.237. The lowest BCUT2D eigenvalue weighted by molar-refractivity contribution is 0.0848. The Balaban J connectivity index is 1.04. The molecule has 0 bridgehead atoms. The van der Waals surface area contributed by atoms with Crippen molar-refractivity contribution in [3.8, 4) is 0 Å². The SMILES string of the molecule is Fc1cncc(N2CC3(CC[C@@H](N4CCC(c5ccccc5C5CCOCC5)CC4)C3)C2)c1. The molecule has 3 aliphatic heterocycles. The van der Waals surface area contributed by atoms with E-state index in [4.69, 9.17) is 4.74 Å². The van der Waals surface area contributed by atoms with E-state index in [0.717, 1.165) is 38.0 Å². The third-order valence-corrected chi connectivity index (χ3v) is 8.93. The minimum Gasteiger partial charge on any atom is -0.381 e. The summed E-state index contributed by atoms with van der Waals surface area (Å²) in [7, 11) is 0. The van der Waals surface area contributed by atoms with Crippen molar-refractivity contribution in [2.24, 2.45) is 5.41 Å². The van der Waals surface area contributed by atoms with Gasteiger partial charge in [0, 0.05) is 43.8 Å². The Morgan fingerprint density at radius 2 is 1.61 bits per heavy atom. The summed E-state index contributed by atoms with van der Waals surface area (Å²) in [6, 6.07) is 11.6. The molecule has 4 nitrogen and oxygen atoms in total. The molecule has 0 amide bonds. The van der Waals surface area contributed by atoms with Crippen LogP contribution in [0, 0.1) is 11.2 Å². The van der Waals surface area contributed by atoms with Gasteiger partial charge in [-0.25, -0.2) is 4.39 Å². The zero-order chi connectivity index (χ0) is 22.3. The molecule has 0 N–H and O–H groups in total. The van der Waals surface area contributed by atoms with Crippen LogP contribution in [0.1, 0.15) is 67.9 Å². The maximum absolute atomic E-state index is 13.5. The average molecular weight is 450 g/mol. The van der Waals surface area contributed by atoms with Gasteiger partial charge in [0.1, 0.15) is 5.82 Å². The van der Waals surface area contributed by atoms with E-state index in [1.54, 1.807) is 23.4 Å². The highest BCUT2D eigenvalue weighted by Gasteiger charge is 2.49. The molecule has 5 heteroatoms. The summed E-state index contributed by atoms with van der Waals surface area (Å²) in [5, 5.41) is 0. The normalized spacial score (nSPS) is 26.6. The molecule has 1 spiro atoms. The molecule has 176 valence electrons. The van der Waals surface area contributed by atoms with Gasteiger partial charge in [0.15, 0.2) is 0 Å². The summed E-state index contributed by atoms with van der Waals surface area (Å²) in [5.41, 5.74) is 4.59. The second-order valence-electron chi connectivity index (χ2n) is 10.9. The first-order valence-electron chi connectivity index (χ1n) is 13.0. The molecule has 1 aromatic heterocycles. The maximum Gasteiger partial charge on any atom is 0.143 e. The predicted molar refractivity (Wildman–Crippen MR) is 129 cm³/mol. The average Bonchev–Trinajstić information content (AvgIpc) is 3.30. The topological polar surface area (TPSA) is 28.6 Å². The fraction of sp³-hybridized carbons (Fsp3) is 0.607. The van der Waals surface area contributed by atoms with E-state index in [-0.39, 0.29) is 5.82 Å². The highest BCUT2D eigenvalue weighted by Crippen LogP contribution is 2.49. The van der Waals surface area contributed by atoms with Gasteiger partial charge in [0.2, 0.25) is 0 Å². The molecule has 4 heterocycles. The fourth-order valence-corrected chi connectivity index (χ4v) is 7.13. The van der Waals surface area contributed by atoms with E-state index in [1.807, 2.05) is 0 Å². The van der Waals surface area contributed by atoms with Gasteiger partial charge in [-0.3, -0.25) is 4.98 Å². The van der Waals surface area contributed by atoms with Crippen molar-refractivity contribution in [2.75, 3.05) is 44.3 Å². The number of halogens is 1. The number of hydrogen-bond acceptors (Lipinski definition) is 4. The number of piperidine rings is 1. The van der Waals surface area contributed by atoms with Crippen LogP contribution in [0.3, 0.4) is 0 Å². The lowest BCUT2D eigenvalue weighted by Gasteiger charge is -2.50. The highest BCUT2D eigenvalue weighted by atomic mass is 19.1. The number of hydrogen-bond donors (Lipinski definition) is 0. The third-order valence-electron chi connectivity index (χ3n) is 8.93. The summed E-state index contributed by atoms with van der Waals surface area (Å²) in [6.07, 6.45) is 11.9. The summed E-state index contributed by atoms with van der Waals surface area (Å²) in [5.74, 6) is 1.15. The van der Waals surface area contributed by atoms with Crippen molar-refractivity contribution in [1.82, 2.24) is 9.88 Å². The van der Waals surface area contributed by atoms with E-state index in [0.29, 0.717) is 17.3 Å². The van der Waals surface area contributed by atoms with E-state index in [9.17, 15) is 4.39 Å². The Hall–Kier alpha value is -1.98. The monoisotopic (exact) mass is 449 g/mol. The van der Waals surface area contributed by atoms with Gasteiger partial charge < -0.3 is 14.5 Å². The minimum atomic E-state index is -0.237. The van der Waals surface area contributed by atoms with E-state index >= 15 is 0 Å². The summed E-state index contributed by atoms with van der Waals surface area (Å²) in [4.78, 5) is 9.12. The maximum atomic E-state index is 13.5. The standard InChI is InChI=1S/C28H36FN3O/c29-23-15-25(18-30-17-23)32-19-28(20-32)10-5-24(16-28)31-11-6-21(7-12-31)26-3-1-2-4-27(26)22-8-13-33-14-9-22/h1-4,15,17-18,21-22,24H,5-14,16,19-20H2/t24-/m1/s1. The number of rotatable bonds is 4. The Labute approximate surface area is 197 Å². The molecule has 2 aromatic rings. The van der Waals surface area contributed by atoms with Crippen molar-refractivity contribution in [1.29, 1.82) is 0 Å². The van der Waals surface area contributed by atoms with E-state index in [2.05, 4.69) is 39.0 Å². The van der Waals surface area contributed by atoms with Gasteiger partial charge in [-0.05, 0) is 81.0 Å². The van der Waals surface area contributed by atoms with Crippen molar-refractivity contribution >= 4 is 5.69 Å². The Kier molecular flexibility index (Phi) is 5.87. The van der Waals surface area contributed by atoms with Gasteiger partial charge in [-0.1, -0.05) is 24.3 Å². The van der Waals surface area contributed by atoms with Gasteiger partial charge in [-0.15, -0.1) is 0 Å². The van der Waals surface area contributed by atoms with Crippen molar-refractivity contribution in [3.63, 3.8) is 0 Å². The molecule has 1 aliphatic carbocycles. The van der Waals surface area contributed by atoms with Crippen LogP contribution in [-0.4, -0.2) is 55.3 Å². The number of benzene rings is 1. The molecule has 1 aromatic carbocycles. The number of anilines is 1. The first-order chi connectivity index (χ1) is 16.2. The Morgan fingerprint density at radius 1 is 0.909 bits per heavy atom. The Morgan fingerprint density at radius 3 is 2.30 bits per heavy atom. The van der Waals surface area contributed by atoms with Crippen LogP contribution in [-0.2, 0) is 4.74 Å². The molecular weight excluding hydrogens is 413 g/mol. The van der Waals surface area contributed by atoms with Crippen LogP contribution < -0.4 is 4.90 Å². The number of nitrogens with zero attached hydrogens (tertiary/aromatic N) is 3. The fourth-order valence-electron chi connectivity index (χ4n) is 7.13. The highest BCUT2D eigenvalue weighted by molar-refractivity contribution is 5.48. The summed E-state index contributed by atoms with van der Waals surface area (Å²) >= 11 is 0. The third kappa shape index (κ3) is 4.30. The smallest absolute Gasteiger partial charge is 0.143 e. The molecular formula is C28H36FN3O. The molecule has 33 heavy (non-hydrogen) atoms. The zero-order valence-corrected chi connectivity index (χ0v) is 19.6. The van der Waals surface area contributed by atoms with E-state index in [1.165, 1.54) is 64.2 Å². The van der Waals surface area contributed by atoms with E-state index < -0.39 is 0 Å². The summed E-state index contributed by atoms with van der Waals surface area (Å²) in [6.45, 7) is 6.39. The zero-order valence-electron chi connectivity index (χ0n) is 19.6. The second-order valence-corrected chi connectivity index (χ2v) is 10.9. The van der Waals surface area contributed by atoms with Crippen LogP contribution >= 0.6 is 0 Å². The first kappa shape index (κ1) is 21.5. The summed E-state index contributed by atoms with van der Waals surface area (Å²) < 4.78 is 19.2. The largest absolute Gasteiger partial charge is 0.381 e. The molecule has 4 fully saturated rings. The molecule has 0 unspecified atom stereocenters. The number of aromatic nitrogens is 1. The first-order valence-corrected chi connectivity index (χ1v) is 13.0. The number of pyridine rings is 1. The van der Waals surface area contributed by atoms with Crippen LogP contribution in [0.5, 0.6) is 0 Å². The Bertz CT molecular complexity index is 961. The quantitative estimate of drug-likeness (QED) is 0.629. The van der Waals surface area contributed by atoms with Crippen LogP contribution in [0.4, 0.5) is 10.1 Å². The molecule has 0 radical (unpaired) electrons. The molecule has 6 rings (SSSR count). The molecule has 3 saturated heterocycles. The molecule has 1 saturated carbocycles. The van der Waals surface area contributed by atoms with Crippen molar-refractivity contribution in [3.05, 3.63) is 59.7 Å². The number of ether oxygens (including phenoxy) is 1. The van der Waals surface area contributed by atoms with Gasteiger partial charge in [0.25, 0.3) is 0 Å². The lowest BCUT2D eigenvalue weighted by atomic mass is 9.77. The molecule has 1 atom stereocenters. The number of likely N-dealkylation sites (tertiary alicyclic amines) is 1. The van der Waals surface area contributed by atoms with Crippen LogP contribution in [0.2, 0.25) is 0 Å².